The fourth-order valence-corrected chi connectivity index (χ4v) is 3.55. The molecule has 0 spiro atoms. The Hall–Kier alpha value is -1.25. The third-order valence-corrected chi connectivity index (χ3v) is 5.97. The first-order chi connectivity index (χ1) is 11.0. The van der Waals surface area contributed by atoms with Crippen molar-refractivity contribution in [2.24, 2.45) is 0 Å². The molecule has 2 rings (SSSR count). The van der Waals surface area contributed by atoms with Gasteiger partial charge in [-0.2, -0.15) is 0 Å². The van der Waals surface area contributed by atoms with Crippen LogP contribution < -0.4 is 14.9 Å². The van der Waals surface area contributed by atoms with Crippen LogP contribution in [0.15, 0.2) is 18.2 Å². The van der Waals surface area contributed by atoms with Gasteiger partial charge in [-0.25, -0.2) is 8.42 Å². The van der Waals surface area contributed by atoms with Crippen molar-refractivity contribution in [3.63, 3.8) is 0 Å². The molecule has 134 valence electrons. The van der Waals surface area contributed by atoms with Gasteiger partial charge in [0.2, 0.25) is 10.0 Å². The van der Waals surface area contributed by atoms with Crippen LogP contribution in [0.1, 0.15) is 41.0 Å². The fraction of sp³-hybridized carbons (Fsp3) is 0.625. The van der Waals surface area contributed by atoms with Gasteiger partial charge in [0, 0.05) is 0 Å². The first kappa shape index (κ1) is 19.1. The molecule has 1 heterocycles. The lowest BCUT2D eigenvalue weighted by Crippen LogP contribution is -2.41. The summed E-state index contributed by atoms with van der Waals surface area (Å²) in [5.41, 5.74) is 0.314. The highest BCUT2D eigenvalue weighted by Gasteiger charge is 2.51. The van der Waals surface area contributed by atoms with Gasteiger partial charge in [0.1, 0.15) is 5.75 Å². The van der Waals surface area contributed by atoms with Gasteiger partial charge in [-0.05, 0) is 51.7 Å². The number of hydrogen-bond acceptors (Lipinski definition) is 5. The lowest BCUT2D eigenvalue weighted by molar-refractivity contribution is 0.00578. The Bertz CT molecular complexity index is 686. The van der Waals surface area contributed by atoms with Crippen LogP contribution in [0, 0.1) is 0 Å². The van der Waals surface area contributed by atoms with E-state index in [-0.39, 0.29) is 5.75 Å². The number of methoxy groups -OCH3 is 1. The van der Waals surface area contributed by atoms with Crippen LogP contribution in [0.4, 0.5) is 5.69 Å². The zero-order chi connectivity index (χ0) is 18.2. The van der Waals surface area contributed by atoms with E-state index in [2.05, 4.69) is 4.72 Å². The van der Waals surface area contributed by atoms with Crippen molar-refractivity contribution in [1.29, 1.82) is 0 Å². The van der Waals surface area contributed by atoms with Crippen molar-refractivity contribution in [2.75, 3.05) is 17.6 Å². The van der Waals surface area contributed by atoms with Gasteiger partial charge in [-0.3, -0.25) is 4.72 Å². The normalized spacial score (nSPS) is 19.3. The van der Waals surface area contributed by atoms with Crippen LogP contribution in [0.3, 0.4) is 0 Å². The van der Waals surface area contributed by atoms with Gasteiger partial charge in [0.25, 0.3) is 0 Å². The fourth-order valence-electron chi connectivity index (χ4n) is 2.41. The number of rotatable bonds is 6. The molecule has 0 unspecified atom stereocenters. The smallest absolute Gasteiger partial charge is 0.494 e. The molecule has 24 heavy (non-hydrogen) atoms. The van der Waals surface area contributed by atoms with Gasteiger partial charge >= 0.3 is 7.12 Å². The molecule has 1 aliphatic rings. The minimum absolute atomic E-state index is 0.0646. The van der Waals surface area contributed by atoms with Crippen molar-refractivity contribution in [2.45, 2.75) is 52.2 Å². The van der Waals surface area contributed by atoms with E-state index in [1.54, 1.807) is 18.2 Å². The predicted molar refractivity (Wildman–Crippen MR) is 96.4 cm³/mol. The zero-order valence-corrected chi connectivity index (χ0v) is 16.0. The lowest BCUT2D eigenvalue weighted by Gasteiger charge is -2.32. The van der Waals surface area contributed by atoms with Crippen LogP contribution in [-0.2, 0) is 19.3 Å². The molecule has 0 aliphatic carbocycles. The summed E-state index contributed by atoms with van der Waals surface area (Å²) in [6.07, 6.45) is 0.545. The molecule has 1 fully saturated rings. The number of anilines is 1. The van der Waals surface area contributed by atoms with E-state index < -0.39 is 28.3 Å². The maximum Gasteiger partial charge on any atom is 0.494 e. The third-order valence-electron chi connectivity index (χ3n) is 4.49. The molecular weight excluding hydrogens is 329 g/mol. The first-order valence-electron chi connectivity index (χ1n) is 8.05. The van der Waals surface area contributed by atoms with Crippen LogP contribution in [0.5, 0.6) is 5.75 Å². The highest BCUT2D eigenvalue weighted by Crippen LogP contribution is 2.37. The summed E-state index contributed by atoms with van der Waals surface area (Å²) in [6, 6.07) is 5.20. The molecular formula is C16H26BNO5S. The number of benzene rings is 1. The summed E-state index contributed by atoms with van der Waals surface area (Å²) in [7, 11) is -2.40. The Morgan fingerprint density at radius 1 is 1.17 bits per heavy atom. The summed E-state index contributed by atoms with van der Waals surface area (Å²) < 4.78 is 43.8. The number of hydrogen-bond donors (Lipinski definition) is 1. The van der Waals surface area contributed by atoms with E-state index in [0.29, 0.717) is 17.9 Å². The molecule has 6 nitrogen and oxygen atoms in total. The molecule has 1 aromatic rings. The van der Waals surface area contributed by atoms with E-state index in [1.165, 1.54) is 7.11 Å². The molecule has 1 aliphatic heterocycles. The highest BCUT2D eigenvalue weighted by atomic mass is 32.2. The van der Waals surface area contributed by atoms with Gasteiger partial charge in [-0.15, -0.1) is 0 Å². The summed E-state index contributed by atoms with van der Waals surface area (Å²) in [5, 5.41) is 0. The largest absolute Gasteiger partial charge is 0.495 e. The second kappa shape index (κ2) is 6.57. The van der Waals surface area contributed by atoms with E-state index >= 15 is 0 Å². The van der Waals surface area contributed by atoms with Gasteiger partial charge < -0.3 is 14.0 Å². The Balaban J connectivity index is 2.27. The molecule has 0 radical (unpaired) electrons. The van der Waals surface area contributed by atoms with Crippen molar-refractivity contribution < 1.29 is 22.5 Å². The molecule has 0 amide bonds. The number of nitrogens with one attached hydrogen (secondary N) is 1. The van der Waals surface area contributed by atoms with Crippen molar-refractivity contribution in [1.82, 2.24) is 0 Å². The van der Waals surface area contributed by atoms with E-state index in [0.717, 1.165) is 5.46 Å². The standard InChI is InChI=1S/C16H26BNO5S/c1-7-10-24(19,20)18-13-9-8-12(11-14(13)21-6)17-22-15(2,3)16(4,5)23-17/h8-9,11,18H,7,10H2,1-6H3. The van der Waals surface area contributed by atoms with E-state index in [1.807, 2.05) is 34.6 Å². The number of ether oxygens (including phenoxy) is 1. The maximum atomic E-state index is 12.0. The topological polar surface area (TPSA) is 73.9 Å². The van der Waals surface area contributed by atoms with Crippen molar-refractivity contribution in [3.05, 3.63) is 18.2 Å². The first-order valence-corrected chi connectivity index (χ1v) is 9.70. The molecule has 1 N–H and O–H groups in total. The van der Waals surface area contributed by atoms with Gasteiger partial charge in [0.05, 0.1) is 29.8 Å². The average molecular weight is 355 g/mol. The Labute approximate surface area is 145 Å². The molecule has 1 saturated heterocycles. The summed E-state index contributed by atoms with van der Waals surface area (Å²) in [4.78, 5) is 0. The van der Waals surface area contributed by atoms with Gasteiger partial charge in [0.15, 0.2) is 0 Å². The second-order valence-electron chi connectivity index (χ2n) is 6.97. The molecule has 0 saturated carbocycles. The average Bonchev–Trinajstić information content (AvgIpc) is 2.67. The Kier molecular flexibility index (Phi) is 5.23. The van der Waals surface area contributed by atoms with Crippen LogP contribution in [0.2, 0.25) is 0 Å². The minimum Gasteiger partial charge on any atom is -0.495 e. The summed E-state index contributed by atoms with van der Waals surface area (Å²) >= 11 is 0. The molecule has 0 atom stereocenters. The quantitative estimate of drug-likeness (QED) is 0.792. The number of sulfonamides is 1. The zero-order valence-electron chi connectivity index (χ0n) is 15.2. The maximum absolute atomic E-state index is 12.0. The van der Waals surface area contributed by atoms with Gasteiger partial charge in [-0.1, -0.05) is 13.0 Å². The van der Waals surface area contributed by atoms with Crippen LogP contribution in [-0.4, -0.2) is 39.6 Å². The van der Waals surface area contributed by atoms with Crippen LogP contribution >= 0.6 is 0 Å². The third kappa shape index (κ3) is 3.87. The molecule has 8 heteroatoms. The second-order valence-corrected chi connectivity index (χ2v) is 8.81. The molecule has 0 bridgehead atoms. The highest BCUT2D eigenvalue weighted by molar-refractivity contribution is 7.92. The SMILES string of the molecule is CCCS(=O)(=O)Nc1ccc(B2OC(C)(C)C(C)(C)O2)cc1OC. The predicted octanol–water partition coefficient (Wildman–Crippen LogP) is 2.15. The summed E-state index contributed by atoms with van der Waals surface area (Å²) in [6.45, 7) is 9.75. The Morgan fingerprint density at radius 3 is 2.25 bits per heavy atom. The molecule has 1 aromatic carbocycles. The summed E-state index contributed by atoms with van der Waals surface area (Å²) in [5.74, 6) is 0.497. The van der Waals surface area contributed by atoms with Crippen molar-refractivity contribution in [3.8, 4) is 5.75 Å². The Morgan fingerprint density at radius 2 is 1.75 bits per heavy atom. The monoisotopic (exact) mass is 355 g/mol. The molecule has 0 aromatic heterocycles. The van der Waals surface area contributed by atoms with Crippen molar-refractivity contribution >= 4 is 28.3 Å². The minimum atomic E-state index is -3.38. The van der Waals surface area contributed by atoms with Crippen LogP contribution in [0.25, 0.3) is 0 Å². The van der Waals surface area contributed by atoms with E-state index in [9.17, 15) is 8.42 Å². The lowest BCUT2D eigenvalue weighted by atomic mass is 9.79. The van der Waals surface area contributed by atoms with E-state index in [4.69, 9.17) is 14.0 Å².